The minimum Gasteiger partial charge on any atom is -0.314 e. The fourth-order valence-electron chi connectivity index (χ4n) is 0.777. The molecule has 8 heavy (non-hydrogen) atoms. The molecule has 0 saturated carbocycles. The maximum absolute atomic E-state index is 3.27. The second-order valence-electron chi connectivity index (χ2n) is 2.05. The van der Waals surface area contributed by atoms with Crippen LogP contribution in [0.3, 0.4) is 0 Å². The van der Waals surface area contributed by atoms with Crippen LogP contribution < -0.4 is 5.32 Å². The molecule has 1 heterocycles. The van der Waals surface area contributed by atoms with Gasteiger partial charge in [0.25, 0.3) is 0 Å². The predicted octanol–water partition coefficient (Wildman–Crippen LogP) is -0.481. The molecule has 0 aromatic rings. The van der Waals surface area contributed by atoms with Gasteiger partial charge in [0.15, 0.2) is 0 Å². The van der Waals surface area contributed by atoms with Crippen molar-refractivity contribution in [2.24, 2.45) is 0 Å². The number of piperazine rings is 1. The predicted molar refractivity (Wildman–Crippen MR) is 30.4 cm³/mol. The molecule has 1 aliphatic rings. The van der Waals surface area contributed by atoms with E-state index in [1.807, 2.05) is 0 Å². The van der Waals surface area contributed by atoms with Crippen LogP contribution in [-0.2, 0) is 18.6 Å². The molecular weight excluding hydrogens is 139 g/mol. The molecule has 1 rings (SSSR count). The summed E-state index contributed by atoms with van der Waals surface area (Å²) in [5, 5.41) is 3.27. The van der Waals surface area contributed by atoms with Crippen molar-refractivity contribution in [3.05, 3.63) is 0 Å². The molecule has 3 heteroatoms. The normalized spacial score (nSPS) is 22.1. The summed E-state index contributed by atoms with van der Waals surface area (Å²) < 4.78 is 0. The Morgan fingerprint density at radius 3 is 2.00 bits per heavy atom. The molecule has 0 aliphatic carbocycles. The Bertz CT molecular complexity index is 52.4. The molecule has 0 aromatic carbocycles. The topological polar surface area (TPSA) is 15.3 Å². The molecule has 47 valence electrons. The molecule has 0 amide bonds. The van der Waals surface area contributed by atoms with E-state index in [0.717, 1.165) is 13.1 Å². The third-order valence-corrected chi connectivity index (χ3v) is 1.34. The summed E-state index contributed by atoms with van der Waals surface area (Å²) >= 11 is 0. The summed E-state index contributed by atoms with van der Waals surface area (Å²) in [6.45, 7) is 4.74. The van der Waals surface area contributed by atoms with Crippen molar-refractivity contribution in [1.29, 1.82) is 0 Å². The van der Waals surface area contributed by atoms with E-state index < -0.39 is 0 Å². The first-order chi connectivity index (χ1) is 3.39. The van der Waals surface area contributed by atoms with Crippen LogP contribution in [0.4, 0.5) is 0 Å². The average Bonchev–Trinajstić information content (AvgIpc) is 1.69. The zero-order valence-electron chi connectivity index (χ0n) is 5.22. The summed E-state index contributed by atoms with van der Waals surface area (Å²) in [6.07, 6.45) is 0. The van der Waals surface area contributed by atoms with Crippen LogP contribution in [0.1, 0.15) is 0 Å². The van der Waals surface area contributed by atoms with Crippen LogP contribution in [0.25, 0.3) is 0 Å². The van der Waals surface area contributed by atoms with Gasteiger partial charge in [0.05, 0.1) is 0 Å². The van der Waals surface area contributed by atoms with E-state index in [1.54, 1.807) is 0 Å². The Morgan fingerprint density at radius 1 is 1.25 bits per heavy atom. The van der Waals surface area contributed by atoms with E-state index in [1.165, 1.54) is 13.1 Å². The quantitative estimate of drug-likeness (QED) is 0.503. The molecule has 1 saturated heterocycles. The van der Waals surface area contributed by atoms with Crippen LogP contribution in [-0.4, -0.2) is 38.1 Å². The van der Waals surface area contributed by atoms with Gasteiger partial charge in [-0.05, 0) is 7.05 Å². The Hall–Kier alpha value is 0.504. The van der Waals surface area contributed by atoms with E-state index in [4.69, 9.17) is 0 Å². The summed E-state index contributed by atoms with van der Waals surface area (Å²) in [5.41, 5.74) is 0. The fourth-order valence-corrected chi connectivity index (χ4v) is 0.777. The molecule has 0 spiro atoms. The largest absolute Gasteiger partial charge is 0.314 e. The van der Waals surface area contributed by atoms with Crippen molar-refractivity contribution in [3.63, 3.8) is 0 Å². The summed E-state index contributed by atoms with van der Waals surface area (Å²) in [4.78, 5) is 2.33. The molecule has 0 bridgehead atoms. The second-order valence-corrected chi connectivity index (χ2v) is 2.05. The Labute approximate surface area is 62.5 Å². The molecule has 1 N–H and O–H groups in total. The molecule has 0 unspecified atom stereocenters. The molecule has 2 nitrogen and oxygen atoms in total. The van der Waals surface area contributed by atoms with Crippen LogP contribution >= 0.6 is 0 Å². The van der Waals surface area contributed by atoms with Gasteiger partial charge in [-0.25, -0.2) is 0 Å². The zero-order valence-corrected chi connectivity index (χ0v) is 6.62. The van der Waals surface area contributed by atoms with Crippen LogP contribution in [0.2, 0.25) is 0 Å². The van der Waals surface area contributed by atoms with E-state index in [2.05, 4.69) is 17.3 Å². The SMILES string of the molecule is CN1CCNCC1.[V]. The van der Waals surface area contributed by atoms with Gasteiger partial charge in [0, 0.05) is 44.7 Å². The number of hydrogen-bond acceptors (Lipinski definition) is 2. The standard InChI is InChI=1S/C5H12N2.V/c1-7-4-2-6-3-5-7;/h6H,2-5H2,1H3;. The number of nitrogens with zero attached hydrogens (tertiary/aromatic N) is 1. The van der Waals surface area contributed by atoms with Crippen molar-refractivity contribution >= 4 is 0 Å². The van der Waals surface area contributed by atoms with E-state index >= 15 is 0 Å². The van der Waals surface area contributed by atoms with Crippen molar-refractivity contribution < 1.29 is 18.6 Å². The van der Waals surface area contributed by atoms with Crippen molar-refractivity contribution in [2.75, 3.05) is 33.2 Å². The second kappa shape index (κ2) is 4.39. The summed E-state index contributed by atoms with van der Waals surface area (Å²) in [6, 6.07) is 0. The van der Waals surface area contributed by atoms with Crippen molar-refractivity contribution in [1.82, 2.24) is 10.2 Å². The van der Waals surface area contributed by atoms with Crippen LogP contribution in [0.5, 0.6) is 0 Å². The Kier molecular flexibility index (Phi) is 4.67. The summed E-state index contributed by atoms with van der Waals surface area (Å²) in [5.74, 6) is 0. The molecule has 0 aromatic heterocycles. The van der Waals surface area contributed by atoms with Crippen LogP contribution in [0, 0.1) is 0 Å². The first-order valence-corrected chi connectivity index (χ1v) is 2.79. The number of nitrogens with one attached hydrogen (secondary N) is 1. The van der Waals surface area contributed by atoms with Gasteiger partial charge in [0.1, 0.15) is 0 Å². The van der Waals surface area contributed by atoms with Gasteiger partial charge in [-0.2, -0.15) is 0 Å². The van der Waals surface area contributed by atoms with Gasteiger partial charge >= 0.3 is 0 Å². The monoisotopic (exact) mass is 151 g/mol. The average molecular weight is 151 g/mol. The minimum atomic E-state index is 0. The maximum Gasteiger partial charge on any atom is 0.0104 e. The van der Waals surface area contributed by atoms with Crippen molar-refractivity contribution in [3.8, 4) is 0 Å². The Morgan fingerprint density at radius 2 is 1.75 bits per heavy atom. The van der Waals surface area contributed by atoms with E-state index in [-0.39, 0.29) is 18.6 Å². The van der Waals surface area contributed by atoms with E-state index in [9.17, 15) is 0 Å². The Balaban J connectivity index is 0.000000490. The first-order valence-electron chi connectivity index (χ1n) is 2.79. The van der Waals surface area contributed by atoms with Gasteiger partial charge in [-0.3, -0.25) is 0 Å². The van der Waals surface area contributed by atoms with Gasteiger partial charge in [0.2, 0.25) is 0 Å². The van der Waals surface area contributed by atoms with Crippen LogP contribution in [0.15, 0.2) is 0 Å². The minimum absolute atomic E-state index is 0. The van der Waals surface area contributed by atoms with Gasteiger partial charge in [-0.1, -0.05) is 0 Å². The van der Waals surface area contributed by atoms with Gasteiger partial charge in [-0.15, -0.1) is 0 Å². The molecule has 1 radical (unpaired) electrons. The molecular formula is C5H12N2V. The molecule has 0 atom stereocenters. The number of likely N-dealkylation sites (N-methyl/N-ethyl adjacent to an activating group) is 1. The molecule has 1 aliphatic heterocycles. The number of hydrogen-bond donors (Lipinski definition) is 1. The number of rotatable bonds is 0. The third kappa shape index (κ3) is 2.72. The first kappa shape index (κ1) is 8.50. The maximum atomic E-state index is 3.27. The van der Waals surface area contributed by atoms with Crippen molar-refractivity contribution in [2.45, 2.75) is 0 Å². The third-order valence-electron chi connectivity index (χ3n) is 1.34. The zero-order chi connectivity index (χ0) is 5.11. The van der Waals surface area contributed by atoms with Gasteiger partial charge < -0.3 is 10.2 Å². The fraction of sp³-hybridized carbons (Fsp3) is 1.00. The molecule has 1 fully saturated rings. The smallest absolute Gasteiger partial charge is 0.0104 e. The van der Waals surface area contributed by atoms with E-state index in [0.29, 0.717) is 0 Å². The summed E-state index contributed by atoms with van der Waals surface area (Å²) in [7, 11) is 2.15.